The number of hydrogen-bond acceptors (Lipinski definition) is 1. The van der Waals surface area contributed by atoms with Crippen LogP contribution in [0, 0.1) is 23.7 Å². The third kappa shape index (κ3) is 5.26. The first-order valence-electron chi connectivity index (χ1n) is 22.8. The summed E-state index contributed by atoms with van der Waals surface area (Å²) in [5, 5.41) is 2.57. The summed E-state index contributed by atoms with van der Waals surface area (Å²) in [7, 11) is 0. The van der Waals surface area contributed by atoms with Gasteiger partial charge in [-0.2, -0.15) is 0 Å². The molecule has 5 unspecified atom stereocenters. The summed E-state index contributed by atoms with van der Waals surface area (Å²) in [6, 6.07) is 66.9. The maximum atomic E-state index is 2.60. The second kappa shape index (κ2) is 13.7. The zero-order valence-corrected chi connectivity index (χ0v) is 35.8. The van der Waals surface area contributed by atoms with E-state index in [-0.39, 0.29) is 10.8 Å². The zero-order chi connectivity index (χ0) is 41.0. The highest BCUT2D eigenvalue weighted by atomic mass is 15.1. The highest BCUT2D eigenvalue weighted by Gasteiger charge is 2.57. The molecule has 0 aliphatic heterocycles. The first kappa shape index (κ1) is 36.7. The van der Waals surface area contributed by atoms with Crippen molar-refractivity contribution in [2.24, 2.45) is 23.7 Å². The summed E-state index contributed by atoms with van der Waals surface area (Å²) >= 11 is 0. The Hall–Kier alpha value is -6.18. The molecule has 0 N–H and O–H groups in total. The SMILES string of the molecule is CC1CC2CC(C)C3(c4ccccc4-c4cccc(-c5cccc6cccc(N(c7ccc(-c8ccccc8)cc7)c7cccc8c7-c7ccccc7C8(C)C)c56)c43)C(C1)C2. The van der Waals surface area contributed by atoms with Crippen LogP contribution in [0.5, 0.6) is 0 Å². The van der Waals surface area contributed by atoms with Gasteiger partial charge >= 0.3 is 0 Å². The van der Waals surface area contributed by atoms with Crippen LogP contribution in [0.2, 0.25) is 0 Å². The molecule has 1 spiro atoms. The fourth-order valence-electron chi connectivity index (χ4n) is 13.5. The quantitative estimate of drug-likeness (QED) is 0.168. The Labute approximate surface area is 361 Å². The molecule has 1 nitrogen and oxygen atoms in total. The molecule has 4 aliphatic rings. The van der Waals surface area contributed by atoms with Gasteiger partial charge in [-0.15, -0.1) is 0 Å². The summed E-state index contributed by atoms with van der Waals surface area (Å²) < 4.78 is 0. The van der Waals surface area contributed by atoms with E-state index in [4.69, 9.17) is 0 Å². The van der Waals surface area contributed by atoms with E-state index in [0.717, 1.165) is 17.5 Å². The van der Waals surface area contributed by atoms with E-state index in [9.17, 15) is 0 Å². The smallest absolute Gasteiger partial charge is 0.0546 e. The minimum atomic E-state index is -0.116. The molecule has 2 bridgehead atoms. The Morgan fingerprint density at radius 1 is 0.459 bits per heavy atom. The topological polar surface area (TPSA) is 3.24 Å². The first-order valence-corrected chi connectivity index (χ1v) is 22.8. The van der Waals surface area contributed by atoms with Gasteiger partial charge < -0.3 is 4.90 Å². The summed E-state index contributed by atoms with van der Waals surface area (Å²) in [5.74, 6) is 2.76. The summed E-state index contributed by atoms with van der Waals surface area (Å²) in [6.45, 7) is 9.90. The summed E-state index contributed by atoms with van der Waals surface area (Å²) in [4.78, 5) is 2.59. The number of nitrogens with zero attached hydrogens (tertiary/aromatic N) is 1. The molecule has 2 fully saturated rings. The number of benzene rings is 8. The van der Waals surface area contributed by atoms with E-state index in [2.05, 4.69) is 209 Å². The average molecular weight is 788 g/mol. The van der Waals surface area contributed by atoms with Gasteiger partial charge in [0.2, 0.25) is 0 Å². The van der Waals surface area contributed by atoms with Crippen LogP contribution >= 0.6 is 0 Å². The van der Waals surface area contributed by atoms with Crippen LogP contribution in [0.4, 0.5) is 17.1 Å². The lowest BCUT2D eigenvalue weighted by molar-refractivity contribution is 0.0429. The van der Waals surface area contributed by atoms with Crippen molar-refractivity contribution in [1.82, 2.24) is 0 Å². The first-order chi connectivity index (χ1) is 29.8. The van der Waals surface area contributed by atoms with Crippen LogP contribution in [-0.2, 0) is 10.8 Å². The van der Waals surface area contributed by atoms with Crippen molar-refractivity contribution in [2.45, 2.75) is 64.2 Å². The van der Waals surface area contributed by atoms with E-state index in [1.807, 2.05) is 0 Å². The molecular weight excluding hydrogens is 735 g/mol. The van der Waals surface area contributed by atoms with Gasteiger partial charge in [-0.05, 0) is 140 Å². The molecule has 5 atom stereocenters. The molecule has 61 heavy (non-hydrogen) atoms. The summed E-state index contributed by atoms with van der Waals surface area (Å²) in [5.41, 5.74) is 20.1. The fourth-order valence-corrected chi connectivity index (χ4v) is 13.5. The lowest BCUT2D eigenvalue weighted by atomic mass is 9.49. The van der Waals surface area contributed by atoms with Crippen molar-refractivity contribution >= 4 is 27.8 Å². The van der Waals surface area contributed by atoms with Crippen molar-refractivity contribution in [3.8, 4) is 44.5 Å². The zero-order valence-electron chi connectivity index (χ0n) is 35.8. The van der Waals surface area contributed by atoms with Gasteiger partial charge in [0.25, 0.3) is 0 Å². The van der Waals surface area contributed by atoms with Gasteiger partial charge in [-0.1, -0.05) is 179 Å². The van der Waals surface area contributed by atoms with E-state index >= 15 is 0 Å². The molecule has 1 heteroatoms. The van der Waals surface area contributed by atoms with Gasteiger partial charge in [0, 0.05) is 27.5 Å². The maximum Gasteiger partial charge on any atom is 0.0546 e. The molecule has 4 aliphatic carbocycles. The Bertz CT molecular complexity index is 3000. The van der Waals surface area contributed by atoms with Crippen molar-refractivity contribution in [3.05, 3.63) is 198 Å². The lowest BCUT2D eigenvalue weighted by Gasteiger charge is -2.55. The molecule has 298 valence electrons. The van der Waals surface area contributed by atoms with Gasteiger partial charge in [-0.3, -0.25) is 0 Å². The third-order valence-corrected chi connectivity index (χ3v) is 15.8. The molecule has 2 saturated carbocycles. The predicted octanol–water partition coefficient (Wildman–Crippen LogP) is 16.3. The van der Waals surface area contributed by atoms with Crippen LogP contribution in [-0.4, -0.2) is 0 Å². The van der Waals surface area contributed by atoms with Crippen LogP contribution in [0.1, 0.15) is 75.6 Å². The van der Waals surface area contributed by atoms with Gasteiger partial charge in [-0.25, -0.2) is 0 Å². The van der Waals surface area contributed by atoms with Crippen molar-refractivity contribution < 1.29 is 0 Å². The largest absolute Gasteiger partial charge is 0.309 e. The highest BCUT2D eigenvalue weighted by molar-refractivity contribution is 6.10. The fraction of sp³-hybridized carbons (Fsp3) is 0.233. The monoisotopic (exact) mass is 787 g/mol. The van der Waals surface area contributed by atoms with Crippen LogP contribution in [0.15, 0.2) is 176 Å². The predicted molar refractivity (Wildman–Crippen MR) is 257 cm³/mol. The van der Waals surface area contributed by atoms with Crippen LogP contribution in [0.25, 0.3) is 55.3 Å². The minimum absolute atomic E-state index is 0.0205. The molecule has 0 saturated heterocycles. The number of fused-ring (bicyclic) bond motifs is 12. The lowest BCUT2D eigenvalue weighted by Crippen LogP contribution is -2.49. The van der Waals surface area contributed by atoms with E-state index in [1.54, 1.807) is 11.1 Å². The Kier molecular flexibility index (Phi) is 8.21. The second-order valence-electron chi connectivity index (χ2n) is 19.5. The van der Waals surface area contributed by atoms with E-state index in [0.29, 0.717) is 11.8 Å². The number of hydrogen-bond donors (Lipinski definition) is 0. The average Bonchev–Trinajstić information content (AvgIpc) is 3.73. The molecule has 8 aromatic rings. The van der Waals surface area contributed by atoms with Gasteiger partial charge in [0.15, 0.2) is 0 Å². The third-order valence-electron chi connectivity index (χ3n) is 15.8. The van der Waals surface area contributed by atoms with E-state index in [1.165, 1.54) is 103 Å². The van der Waals surface area contributed by atoms with E-state index < -0.39 is 0 Å². The van der Waals surface area contributed by atoms with Crippen molar-refractivity contribution in [1.29, 1.82) is 0 Å². The standard InChI is InChI=1S/C60H53N/c1-38-34-40-36-39(2)60(44(35-38)37-40)52-26-11-8-20-46(52)48-23-14-24-49(58(48)60)47-22-12-18-43-19-13-28-54(56(43)47)61(45-32-30-42(31-33-45)41-16-6-5-7-17-41)55-29-15-27-53-57(55)50-21-9-10-25-51(50)59(53,3)4/h5-33,38-40,44H,34-37H2,1-4H3. The molecule has 0 amide bonds. The Balaban J connectivity index is 1.14. The molecule has 8 aromatic carbocycles. The molecule has 12 rings (SSSR count). The normalized spacial score (nSPS) is 22.7. The van der Waals surface area contributed by atoms with Crippen molar-refractivity contribution in [2.75, 3.05) is 4.90 Å². The molecule has 0 aromatic heterocycles. The van der Waals surface area contributed by atoms with Crippen LogP contribution < -0.4 is 4.90 Å². The Morgan fingerprint density at radius 3 is 1.85 bits per heavy atom. The van der Waals surface area contributed by atoms with Gasteiger partial charge in [0.05, 0.1) is 11.4 Å². The number of rotatable bonds is 5. The van der Waals surface area contributed by atoms with Gasteiger partial charge in [0.1, 0.15) is 0 Å². The second-order valence-corrected chi connectivity index (χ2v) is 19.5. The maximum absolute atomic E-state index is 2.60. The molecule has 0 heterocycles. The highest BCUT2D eigenvalue weighted by Crippen LogP contribution is 2.66. The number of anilines is 3. The van der Waals surface area contributed by atoms with Crippen LogP contribution in [0.3, 0.4) is 0 Å². The summed E-state index contributed by atoms with van der Waals surface area (Å²) in [6.07, 6.45) is 5.31. The molecule has 0 radical (unpaired) electrons. The Morgan fingerprint density at radius 2 is 1.05 bits per heavy atom. The molecular formula is C60H53N. The minimum Gasteiger partial charge on any atom is -0.309 e. The van der Waals surface area contributed by atoms with Crippen molar-refractivity contribution in [3.63, 3.8) is 0 Å².